The number of carboxylic acid groups (broad SMARTS) is 3. The van der Waals surface area contributed by atoms with Gasteiger partial charge in [0, 0.05) is 19.3 Å². The summed E-state index contributed by atoms with van der Waals surface area (Å²) in [5.74, 6) is -1.96. The minimum Gasteiger partial charge on any atom is -0.481 e. The zero-order valence-electron chi connectivity index (χ0n) is 38.9. The number of unbranched alkanes of at least 4 members (excludes halogenated alkanes) is 39. The van der Waals surface area contributed by atoms with E-state index in [9.17, 15) is 14.4 Å². The summed E-state index contributed by atoms with van der Waals surface area (Å²) < 4.78 is 0. The van der Waals surface area contributed by atoms with Crippen molar-refractivity contribution in [3.63, 3.8) is 0 Å². The number of aliphatic carboxylic acids is 3. The van der Waals surface area contributed by atoms with Gasteiger partial charge in [0.2, 0.25) is 0 Å². The van der Waals surface area contributed by atoms with Gasteiger partial charge >= 0.3 is 17.9 Å². The van der Waals surface area contributed by atoms with E-state index in [2.05, 4.69) is 20.8 Å². The van der Waals surface area contributed by atoms with Crippen LogP contribution in [0.5, 0.6) is 0 Å². The second kappa shape index (κ2) is 56.5. The maximum Gasteiger partial charge on any atom is 0.303 e. The molecular formula is C51H102O6. The average Bonchev–Trinajstić information content (AvgIpc) is 3.18. The van der Waals surface area contributed by atoms with Gasteiger partial charge in [-0.25, -0.2) is 0 Å². The van der Waals surface area contributed by atoms with Gasteiger partial charge in [-0.3, -0.25) is 14.4 Å². The molecule has 342 valence electrons. The quantitative estimate of drug-likeness (QED) is 0.0528. The molecule has 0 bridgehead atoms. The highest BCUT2D eigenvalue weighted by Crippen LogP contribution is 2.16. The van der Waals surface area contributed by atoms with Gasteiger partial charge in [-0.2, -0.15) is 0 Å². The third-order valence-corrected chi connectivity index (χ3v) is 11.2. The fourth-order valence-electron chi connectivity index (χ4n) is 7.41. The van der Waals surface area contributed by atoms with Gasteiger partial charge in [0.25, 0.3) is 0 Å². The van der Waals surface area contributed by atoms with Crippen molar-refractivity contribution in [2.45, 2.75) is 310 Å². The number of carboxylic acids is 3. The van der Waals surface area contributed by atoms with Gasteiger partial charge < -0.3 is 15.3 Å². The third kappa shape index (κ3) is 69.4. The minimum absolute atomic E-state index is 0.345. The van der Waals surface area contributed by atoms with Crippen molar-refractivity contribution in [1.29, 1.82) is 0 Å². The lowest BCUT2D eigenvalue weighted by atomic mass is 10.0. The van der Waals surface area contributed by atoms with E-state index in [1.54, 1.807) is 0 Å². The Morgan fingerprint density at radius 2 is 0.316 bits per heavy atom. The Morgan fingerprint density at radius 3 is 0.421 bits per heavy atom. The molecular weight excluding hydrogens is 709 g/mol. The second-order valence-electron chi connectivity index (χ2n) is 17.2. The molecule has 0 amide bonds. The fraction of sp³-hybridized carbons (Fsp3) is 0.941. The van der Waals surface area contributed by atoms with Crippen molar-refractivity contribution in [2.75, 3.05) is 0 Å². The number of hydrogen-bond donors (Lipinski definition) is 3. The molecule has 0 rings (SSSR count). The lowest BCUT2D eigenvalue weighted by molar-refractivity contribution is -0.138. The van der Waals surface area contributed by atoms with Crippen molar-refractivity contribution in [1.82, 2.24) is 0 Å². The van der Waals surface area contributed by atoms with Crippen LogP contribution in [0, 0.1) is 0 Å². The summed E-state index contributed by atoms with van der Waals surface area (Å²) >= 11 is 0. The molecule has 3 N–H and O–H groups in total. The van der Waals surface area contributed by atoms with E-state index in [1.165, 1.54) is 231 Å². The van der Waals surface area contributed by atoms with Crippen LogP contribution in [-0.4, -0.2) is 33.2 Å². The van der Waals surface area contributed by atoms with E-state index in [0.29, 0.717) is 19.3 Å². The molecule has 0 fully saturated rings. The number of hydrogen-bond acceptors (Lipinski definition) is 3. The largest absolute Gasteiger partial charge is 0.481 e. The monoisotopic (exact) mass is 811 g/mol. The van der Waals surface area contributed by atoms with Gasteiger partial charge in [0.05, 0.1) is 0 Å². The van der Waals surface area contributed by atoms with Crippen molar-refractivity contribution in [2.24, 2.45) is 0 Å². The molecule has 0 spiro atoms. The van der Waals surface area contributed by atoms with Gasteiger partial charge in [0.1, 0.15) is 0 Å². The lowest BCUT2D eigenvalue weighted by Crippen LogP contribution is -1.93. The van der Waals surface area contributed by atoms with Crippen molar-refractivity contribution in [3.8, 4) is 0 Å². The lowest BCUT2D eigenvalue weighted by Gasteiger charge is -2.03. The Balaban J connectivity index is -0.000000768. The zero-order chi connectivity index (χ0) is 42.6. The maximum absolute atomic E-state index is 10.3. The summed E-state index contributed by atoms with van der Waals surface area (Å²) in [6, 6.07) is 0. The molecule has 0 aromatic carbocycles. The Bertz CT molecular complexity index is 769. The average molecular weight is 811 g/mol. The summed E-state index contributed by atoms with van der Waals surface area (Å²) in [5, 5.41) is 25.5. The highest BCUT2D eigenvalue weighted by atomic mass is 16.4. The predicted octanol–water partition coefficient (Wildman–Crippen LogP) is 17.8. The first-order valence-corrected chi connectivity index (χ1v) is 25.5. The summed E-state index contributed by atoms with van der Waals surface area (Å²) in [6.45, 7) is 6.80. The Hall–Kier alpha value is -1.59. The molecule has 0 aliphatic rings. The van der Waals surface area contributed by atoms with E-state index < -0.39 is 17.9 Å². The summed E-state index contributed by atoms with van der Waals surface area (Å²) in [7, 11) is 0. The molecule has 0 saturated heterocycles. The van der Waals surface area contributed by atoms with Crippen molar-refractivity contribution in [3.05, 3.63) is 0 Å². The van der Waals surface area contributed by atoms with Crippen LogP contribution in [-0.2, 0) is 14.4 Å². The molecule has 0 aromatic heterocycles. The van der Waals surface area contributed by atoms with Crippen LogP contribution < -0.4 is 0 Å². The molecule has 57 heavy (non-hydrogen) atoms. The van der Waals surface area contributed by atoms with Crippen LogP contribution in [0.3, 0.4) is 0 Å². The summed E-state index contributed by atoms with van der Waals surface area (Å²) in [6.07, 6.45) is 56.2. The van der Waals surface area contributed by atoms with E-state index >= 15 is 0 Å². The molecule has 6 nitrogen and oxygen atoms in total. The molecule has 0 aliphatic heterocycles. The molecule has 6 heteroatoms. The molecule has 0 saturated carbocycles. The second-order valence-corrected chi connectivity index (χ2v) is 17.2. The zero-order valence-corrected chi connectivity index (χ0v) is 38.9. The highest BCUT2D eigenvalue weighted by Gasteiger charge is 2.00. The van der Waals surface area contributed by atoms with Crippen LogP contribution in [0.2, 0.25) is 0 Å². The molecule has 0 aliphatic carbocycles. The van der Waals surface area contributed by atoms with Gasteiger partial charge in [0.15, 0.2) is 0 Å². The van der Waals surface area contributed by atoms with E-state index in [1.807, 2.05) is 0 Å². The smallest absolute Gasteiger partial charge is 0.303 e. The normalized spacial score (nSPS) is 10.8. The van der Waals surface area contributed by atoms with E-state index in [-0.39, 0.29) is 0 Å². The van der Waals surface area contributed by atoms with Crippen LogP contribution in [0.1, 0.15) is 310 Å². The minimum atomic E-state index is -0.655. The topological polar surface area (TPSA) is 112 Å². The van der Waals surface area contributed by atoms with Crippen molar-refractivity contribution >= 4 is 17.9 Å². The Kier molecular flexibility index (Phi) is 59.2. The molecule has 0 aromatic rings. The van der Waals surface area contributed by atoms with Crippen LogP contribution in [0.25, 0.3) is 0 Å². The highest BCUT2D eigenvalue weighted by molar-refractivity contribution is 5.67. The van der Waals surface area contributed by atoms with Gasteiger partial charge in [-0.05, 0) is 19.3 Å². The summed E-state index contributed by atoms with van der Waals surface area (Å²) in [4.78, 5) is 31.0. The SMILES string of the molecule is CCCCCCCCCCCCCCCC(=O)O.CCCCCCCCCCCCCCCCC(=O)O.CCCCCCCCCCCCCCCCCC(=O)O. The van der Waals surface area contributed by atoms with Gasteiger partial charge in [-0.1, -0.05) is 271 Å². The predicted molar refractivity (Wildman–Crippen MR) is 248 cm³/mol. The Morgan fingerprint density at radius 1 is 0.211 bits per heavy atom. The first-order chi connectivity index (χ1) is 27.8. The first kappa shape index (κ1) is 59.7. The standard InChI is InChI=1S/C18H36O2.C17H34O2.C16H32O2/c1-2-3-4-5-6-7-8-9-10-11-12-13-14-15-16-17-18(19)20;1-2-3-4-5-6-7-8-9-10-11-12-13-14-15-16-17(18)19;1-2-3-4-5-6-7-8-9-10-11-12-13-14-15-16(17)18/h2-17H2,1H3,(H,19,20);2-16H2,1H3,(H,18,19);2-15H2,1H3,(H,17,18). The van der Waals surface area contributed by atoms with Gasteiger partial charge in [-0.15, -0.1) is 0 Å². The third-order valence-electron chi connectivity index (χ3n) is 11.2. The Labute approximate surface area is 356 Å². The summed E-state index contributed by atoms with van der Waals surface area (Å²) in [5.41, 5.74) is 0. The maximum atomic E-state index is 10.3. The van der Waals surface area contributed by atoms with E-state index in [0.717, 1.165) is 38.5 Å². The number of rotatable bonds is 45. The molecule has 0 unspecified atom stereocenters. The molecule has 0 atom stereocenters. The van der Waals surface area contributed by atoms with Crippen LogP contribution in [0.15, 0.2) is 0 Å². The van der Waals surface area contributed by atoms with Crippen molar-refractivity contribution < 1.29 is 29.7 Å². The fourth-order valence-corrected chi connectivity index (χ4v) is 7.41. The van der Waals surface area contributed by atoms with Crippen LogP contribution in [0.4, 0.5) is 0 Å². The molecule has 0 heterocycles. The molecule has 0 radical (unpaired) electrons. The first-order valence-electron chi connectivity index (χ1n) is 25.5. The van der Waals surface area contributed by atoms with E-state index in [4.69, 9.17) is 15.3 Å². The van der Waals surface area contributed by atoms with Crippen LogP contribution >= 0.6 is 0 Å². The number of carbonyl (C=O) groups is 3.